The fourth-order valence-electron chi connectivity index (χ4n) is 9.42. The van der Waals surface area contributed by atoms with E-state index >= 15 is 0 Å². The standard InChI is InChI=1S/C53H41N3/c1-52(2)44-23-11-13-25-46(44)53(47-26-14-12-24-45(47)52)43-31-30-40(39-29-28-36-18-9-10-21-38(36)32-39)33-42(43)49-41(22-15-27-48(49)53)50(54)56-51(37-19-7-4-8-20-37)55-34-35-16-5-3-6-17-35/h3-33H,34H2,1-2H3,(H2,54,55,56). The second-order valence-electron chi connectivity index (χ2n) is 15.5. The van der Waals surface area contributed by atoms with Crippen molar-refractivity contribution in [3.8, 4) is 22.3 Å². The molecule has 10 rings (SSSR count). The molecule has 2 N–H and O–H groups in total. The molecule has 0 saturated heterocycles. The van der Waals surface area contributed by atoms with Crippen molar-refractivity contribution in [2.24, 2.45) is 15.7 Å². The highest BCUT2D eigenvalue weighted by Crippen LogP contribution is 2.62. The van der Waals surface area contributed by atoms with E-state index in [1.54, 1.807) is 0 Å². The molecular weight excluding hydrogens is 679 g/mol. The maximum atomic E-state index is 7.26. The van der Waals surface area contributed by atoms with Gasteiger partial charge in [0.25, 0.3) is 0 Å². The van der Waals surface area contributed by atoms with Crippen molar-refractivity contribution < 1.29 is 0 Å². The fraction of sp³-hybridized carbons (Fsp3) is 0.0943. The Morgan fingerprint density at radius 2 is 1.07 bits per heavy atom. The Hall–Kier alpha value is -6.84. The first-order valence-electron chi connectivity index (χ1n) is 19.4. The predicted octanol–water partition coefficient (Wildman–Crippen LogP) is 11.9. The molecule has 56 heavy (non-hydrogen) atoms. The number of hydrogen-bond donors (Lipinski definition) is 1. The van der Waals surface area contributed by atoms with Gasteiger partial charge < -0.3 is 5.73 Å². The second kappa shape index (κ2) is 13.2. The van der Waals surface area contributed by atoms with Crippen molar-refractivity contribution in [1.29, 1.82) is 0 Å². The van der Waals surface area contributed by atoms with Gasteiger partial charge in [0.1, 0.15) is 5.84 Å². The van der Waals surface area contributed by atoms with Crippen LogP contribution in [0.5, 0.6) is 0 Å². The van der Waals surface area contributed by atoms with Gasteiger partial charge in [0, 0.05) is 16.5 Å². The van der Waals surface area contributed by atoms with Crippen LogP contribution in [0.1, 0.15) is 63.9 Å². The molecule has 0 amide bonds. The number of nitrogens with two attached hydrogens (primary N) is 1. The molecule has 2 aliphatic rings. The lowest BCUT2D eigenvalue weighted by Crippen LogP contribution is -2.40. The van der Waals surface area contributed by atoms with Crippen molar-refractivity contribution in [2.45, 2.75) is 31.2 Å². The van der Waals surface area contributed by atoms with Crippen LogP contribution in [-0.4, -0.2) is 11.7 Å². The van der Waals surface area contributed by atoms with Gasteiger partial charge in [-0.05, 0) is 84.1 Å². The zero-order chi connectivity index (χ0) is 37.9. The Kier molecular flexibility index (Phi) is 7.93. The van der Waals surface area contributed by atoms with E-state index in [4.69, 9.17) is 15.7 Å². The SMILES string of the molecule is CC1(C)c2ccccc2C2(c3ccc(-c4ccc5ccccc5c4)cc3-c3c(C(N)=NC(=NCc4ccccc4)c4ccccc4)cccc32)c2ccccc21. The predicted molar refractivity (Wildman–Crippen MR) is 233 cm³/mol. The monoisotopic (exact) mass is 719 g/mol. The van der Waals surface area contributed by atoms with E-state index < -0.39 is 5.41 Å². The minimum Gasteiger partial charge on any atom is -0.383 e. The Balaban J connectivity index is 1.24. The first-order chi connectivity index (χ1) is 27.4. The number of nitrogens with zero attached hydrogens (tertiary/aromatic N) is 2. The number of aliphatic imine (C=N–C) groups is 2. The van der Waals surface area contributed by atoms with Crippen LogP contribution in [-0.2, 0) is 17.4 Å². The van der Waals surface area contributed by atoms with E-state index in [2.05, 4.69) is 153 Å². The lowest BCUT2D eigenvalue weighted by atomic mass is 9.55. The molecule has 3 nitrogen and oxygen atoms in total. The summed E-state index contributed by atoms with van der Waals surface area (Å²) in [5.74, 6) is 1.05. The molecule has 0 unspecified atom stereocenters. The third-order valence-electron chi connectivity index (χ3n) is 12.0. The normalized spacial score (nSPS) is 14.9. The molecule has 0 radical (unpaired) electrons. The Labute approximate surface area is 328 Å². The summed E-state index contributed by atoms with van der Waals surface area (Å²) in [5, 5.41) is 2.45. The summed E-state index contributed by atoms with van der Waals surface area (Å²) in [6.45, 7) is 5.22. The van der Waals surface area contributed by atoms with Crippen LogP contribution in [0.4, 0.5) is 0 Å². The average Bonchev–Trinajstić information content (AvgIpc) is 3.55. The van der Waals surface area contributed by atoms with Gasteiger partial charge >= 0.3 is 0 Å². The minimum absolute atomic E-state index is 0.190. The van der Waals surface area contributed by atoms with Gasteiger partial charge in [0.15, 0.2) is 5.84 Å². The third-order valence-corrected chi connectivity index (χ3v) is 12.0. The largest absolute Gasteiger partial charge is 0.383 e. The number of fused-ring (bicyclic) bond motifs is 10. The van der Waals surface area contributed by atoms with Crippen LogP contribution in [0.2, 0.25) is 0 Å². The van der Waals surface area contributed by atoms with Gasteiger partial charge in [-0.15, -0.1) is 0 Å². The number of amidine groups is 2. The van der Waals surface area contributed by atoms with Crippen LogP contribution < -0.4 is 5.73 Å². The molecular formula is C53H41N3. The van der Waals surface area contributed by atoms with Crippen molar-refractivity contribution in [2.75, 3.05) is 0 Å². The van der Waals surface area contributed by atoms with E-state index in [-0.39, 0.29) is 5.41 Å². The molecule has 8 aromatic carbocycles. The minimum atomic E-state index is -0.560. The number of rotatable bonds is 5. The van der Waals surface area contributed by atoms with Crippen molar-refractivity contribution in [1.82, 2.24) is 0 Å². The lowest BCUT2D eigenvalue weighted by Gasteiger charge is -2.46. The van der Waals surface area contributed by atoms with Gasteiger partial charge in [-0.25, -0.2) is 4.99 Å². The summed E-state index contributed by atoms with van der Waals surface area (Å²) in [6, 6.07) is 67.5. The molecule has 0 heterocycles. The second-order valence-corrected chi connectivity index (χ2v) is 15.5. The zero-order valence-corrected chi connectivity index (χ0v) is 31.6. The van der Waals surface area contributed by atoms with Gasteiger partial charge in [-0.2, -0.15) is 0 Å². The van der Waals surface area contributed by atoms with Crippen LogP contribution in [0, 0.1) is 0 Å². The molecule has 2 aliphatic carbocycles. The number of benzene rings is 8. The molecule has 0 fully saturated rings. The van der Waals surface area contributed by atoms with E-state index in [1.807, 2.05) is 48.5 Å². The van der Waals surface area contributed by atoms with Gasteiger partial charge in [0.2, 0.25) is 0 Å². The first-order valence-corrected chi connectivity index (χ1v) is 19.4. The maximum absolute atomic E-state index is 7.26. The molecule has 0 aliphatic heterocycles. The van der Waals surface area contributed by atoms with E-state index in [0.717, 1.165) is 27.8 Å². The van der Waals surface area contributed by atoms with Crippen molar-refractivity contribution in [3.63, 3.8) is 0 Å². The Bertz CT molecular complexity index is 2810. The molecule has 3 heteroatoms. The molecule has 0 saturated carbocycles. The van der Waals surface area contributed by atoms with E-state index in [1.165, 1.54) is 55.3 Å². The summed E-state index contributed by atoms with van der Waals surface area (Å²) < 4.78 is 0. The Morgan fingerprint density at radius 3 is 1.79 bits per heavy atom. The fourth-order valence-corrected chi connectivity index (χ4v) is 9.42. The smallest absolute Gasteiger partial charge is 0.157 e. The van der Waals surface area contributed by atoms with E-state index in [0.29, 0.717) is 18.2 Å². The zero-order valence-electron chi connectivity index (χ0n) is 31.6. The molecule has 0 atom stereocenters. The van der Waals surface area contributed by atoms with Crippen LogP contribution in [0.3, 0.4) is 0 Å². The molecule has 0 aromatic heterocycles. The van der Waals surface area contributed by atoms with Crippen molar-refractivity contribution >= 4 is 22.4 Å². The molecule has 0 bridgehead atoms. The highest BCUT2D eigenvalue weighted by Gasteiger charge is 2.53. The third kappa shape index (κ3) is 5.19. The van der Waals surface area contributed by atoms with Crippen LogP contribution in [0.15, 0.2) is 198 Å². The van der Waals surface area contributed by atoms with Crippen molar-refractivity contribution in [3.05, 3.63) is 238 Å². The summed E-state index contributed by atoms with van der Waals surface area (Å²) in [4.78, 5) is 10.2. The van der Waals surface area contributed by atoms with Crippen LogP contribution >= 0.6 is 0 Å². The van der Waals surface area contributed by atoms with Gasteiger partial charge in [-0.3, -0.25) is 4.99 Å². The summed E-state index contributed by atoms with van der Waals surface area (Å²) in [5.41, 5.74) is 21.9. The van der Waals surface area contributed by atoms with Gasteiger partial charge in [0.05, 0.1) is 12.0 Å². The van der Waals surface area contributed by atoms with E-state index in [9.17, 15) is 0 Å². The molecule has 268 valence electrons. The topological polar surface area (TPSA) is 50.7 Å². The number of hydrogen-bond acceptors (Lipinski definition) is 1. The average molecular weight is 720 g/mol. The maximum Gasteiger partial charge on any atom is 0.157 e. The van der Waals surface area contributed by atoms with Crippen LogP contribution in [0.25, 0.3) is 33.0 Å². The molecule has 8 aromatic rings. The highest BCUT2D eigenvalue weighted by atomic mass is 15.0. The first kappa shape index (κ1) is 33.7. The van der Waals surface area contributed by atoms with Gasteiger partial charge in [-0.1, -0.05) is 190 Å². The summed E-state index contributed by atoms with van der Waals surface area (Å²) in [7, 11) is 0. The quantitative estimate of drug-likeness (QED) is 0.140. The summed E-state index contributed by atoms with van der Waals surface area (Å²) >= 11 is 0. The highest BCUT2D eigenvalue weighted by molar-refractivity contribution is 6.14. The summed E-state index contributed by atoms with van der Waals surface area (Å²) in [6.07, 6.45) is 0. The molecule has 1 spiro atoms. The lowest BCUT2D eigenvalue weighted by molar-refractivity contribution is 0.563. The Morgan fingerprint density at radius 1 is 0.500 bits per heavy atom.